The topological polar surface area (TPSA) is 88.4 Å². The molecule has 0 aliphatic heterocycles. The second-order valence-electron chi connectivity index (χ2n) is 5.30. The van der Waals surface area contributed by atoms with Gasteiger partial charge in [0.25, 0.3) is 5.91 Å². The monoisotopic (exact) mass is 286 g/mol. The lowest BCUT2D eigenvalue weighted by molar-refractivity contribution is 0.0957. The number of aryl methyl sites for hydroxylation is 1. The molecule has 0 radical (unpaired) electrons. The highest BCUT2D eigenvalue weighted by Crippen LogP contribution is 2.18. The van der Waals surface area contributed by atoms with Gasteiger partial charge in [-0.05, 0) is 5.41 Å². The van der Waals surface area contributed by atoms with Crippen molar-refractivity contribution in [2.45, 2.75) is 26.2 Å². The first kappa shape index (κ1) is 15.6. The van der Waals surface area contributed by atoms with E-state index in [2.05, 4.69) is 5.32 Å². The van der Waals surface area contributed by atoms with E-state index in [9.17, 15) is 13.8 Å². The van der Waals surface area contributed by atoms with Crippen LogP contribution in [-0.4, -0.2) is 25.1 Å². The third-order valence-electron chi connectivity index (χ3n) is 2.56. The van der Waals surface area contributed by atoms with Gasteiger partial charge < -0.3 is 14.4 Å². The average Bonchev–Trinajstić information content (AvgIpc) is 2.27. The Hall–Kier alpha value is -1.47. The van der Waals surface area contributed by atoms with E-state index in [1.807, 2.05) is 20.8 Å². The minimum Gasteiger partial charge on any atom is -0.356 e. The fourth-order valence-corrected chi connectivity index (χ4v) is 1.88. The first-order valence-corrected chi connectivity index (χ1v) is 6.97. The van der Waals surface area contributed by atoms with Gasteiger partial charge in [0.05, 0.1) is 0 Å². The Morgan fingerprint density at radius 2 is 2.00 bits per heavy atom. The van der Waals surface area contributed by atoms with Crippen LogP contribution in [0, 0.1) is 0 Å². The number of pyridine rings is 1. The van der Waals surface area contributed by atoms with Gasteiger partial charge in [-0.25, -0.2) is 4.21 Å². The summed E-state index contributed by atoms with van der Waals surface area (Å²) in [4.78, 5) is 24.1. The summed E-state index contributed by atoms with van der Waals surface area (Å²) in [5.74, 6) is -1.05. The molecular formula is C12H18N2O4S. The van der Waals surface area contributed by atoms with Gasteiger partial charge in [-0.1, -0.05) is 20.8 Å². The highest BCUT2D eigenvalue weighted by molar-refractivity contribution is 7.79. The van der Waals surface area contributed by atoms with E-state index in [4.69, 9.17) is 4.55 Å². The van der Waals surface area contributed by atoms with Crippen molar-refractivity contribution in [1.82, 2.24) is 9.88 Å². The van der Waals surface area contributed by atoms with Crippen molar-refractivity contribution < 1.29 is 13.6 Å². The largest absolute Gasteiger partial charge is 0.356 e. The molecule has 1 aromatic heterocycles. The van der Waals surface area contributed by atoms with Gasteiger partial charge in [0.1, 0.15) is 11.4 Å². The molecule has 0 spiro atoms. The maximum Gasteiger partial charge on any atom is 0.257 e. The van der Waals surface area contributed by atoms with Crippen molar-refractivity contribution in [1.29, 1.82) is 0 Å². The van der Waals surface area contributed by atoms with Gasteiger partial charge in [0, 0.05) is 25.0 Å². The van der Waals surface area contributed by atoms with Crippen molar-refractivity contribution in [3.8, 4) is 0 Å². The van der Waals surface area contributed by atoms with Crippen LogP contribution in [0.5, 0.6) is 0 Å². The van der Waals surface area contributed by atoms with Crippen molar-refractivity contribution in [2.24, 2.45) is 7.05 Å². The zero-order chi connectivity index (χ0) is 14.8. The predicted octanol–water partition coefficient (Wildman–Crippen LogP) is 0.592. The van der Waals surface area contributed by atoms with Crippen LogP contribution in [-0.2, 0) is 23.5 Å². The summed E-state index contributed by atoms with van der Waals surface area (Å²) in [7, 11) is 1.72. The Kier molecular flexibility index (Phi) is 4.65. The van der Waals surface area contributed by atoms with Gasteiger partial charge in [-0.2, -0.15) is 0 Å². The molecule has 0 aromatic carbocycles. The fraction of sp³-hybridized carbons (Fsp3) is 0.500. The first-order valence-electron chi connectivity index (χ1n) is 5.69. The summed E-state index contributed by atoms with van der Waals surface area (Å²) < 4.78 is 20.8. The molecular weight excluding hydrogens is 268 g/mol. The first-order chi connectivity index (χ1) is 8.62. The maximum absolute atomic E-state index is 12.2. The number of amides is 1. The van der Waals surface area contributed by atoms with Gasteiger partial charge >= 0.3 is 0 Å². The standard InChI is InChI=1S/C12H18N2O4S/c1-12(2,3)9-6-14(4)5-8(10(9)15)11(16)13-7-19(17)18/h5-6H,7H2,1-4H3,(H,13,16)(H,17,18). The summed E-state index contributed by atoms with van der Waals surface area (Å²) in [5, 5.41) is 2.24. The Morgan fingerprint density at radius 1 is 1.42 bits per heavy atom. The van der Waals surface area contributed by atoms with E-state index in [-0.39, 0.29) is 16.4 Å². The van der Waals surface area contributed by atoms with Crippen LogP contribution in [0.15, 0.2) is 17.2 Å². The molecule has 1 unspecified atom stereocenters. The van der Waals surface area contributed by atoms with Crippen LogP contribution in [0.2, 0.25) is 0 Å². The molecule has 0 bridgehead atoms. The minimum atomic E-state index is -2.14. The molecule has 19 heavy (non-hydrogen) atoms. The van der Waals surface area contributed by atoms with Crippen LogP contribution in [0.25, 0.3) is 0 Å². The highest BCUT2D eigenvalue weighted by Gasteiger charge is 2.22. The molecule has 1 atom stereocenters. The number of nitrogens with one attached hydrogen (secondary N) is 1. The van der Waals surface area contributed by atoms with Crippen LogP contribution in [0.4, 0.5) is 0 Å². The number of nitrogens with zero attached hydrogens (tertiary/aromatic N) is 1. The van der Waals surface area contributed by atoms with Crippen molar-refractivity contribution in [2.75, 3.05) is 5.88 Å². The number of carbonyl (C=O) groups excluding carboxylic acids is 1. The number of carbonyl (C=O) groups is 1. The molecule has 6 nitrogen and oxygen atoms in total. The summed E-state index contributed by atoms with van der Waals surface area (Å²) in [6, 6.07) is 0. The zero-order valence-electron chi connectivity index (χ0n) is 11.4. The van der Waals surface area contributed by atoms with E-state index in [1.165, 1.54) is 6.20 Å². The highest BCUT2D eigenvalue weighted by atomic mass is 32.2. The van der Waals surface area contributed by atoms with Gasteiger partial charge in [0.15, 0.2) is 16.5 Å². The normalized spacial score (nSPS) is 13.1. The smallest absolute Gasteiger partial charge is 0.257 e. The number of rotatable bonds is 3. The average molecular weight is 286 g/mol. The van der Waals surface area contributed by atoms with E-state index >= 15 is 0 Å². The lowest BCUT2D eigenvalue weighted by Gasteiger charge is -2.19. The summed E-state index contributed by atoms with van der Waals surface area (Å²) >= 11 is -2.14. The van der Waals surface area contributed by atoms with E-state index in [0.717, 1.165) is 0 Å². The summed E-state index contributed by atoms with van der Waals surface area (Å²) in [5.41, 5.74) is -0.245. The van der Waals surface area contributed by atoms with E-state index in [1.54, 1.807) is 17.8 Å². The molecule has 0 fully saturated rings. The molecule has 1 amide bonds. The molecule has 106 valence electrons. The van der Waals surface area contributed by atoms with Crippen molar-refractivity contribution in [3.05, 3.63) is 33.7 Å². The van der Waals surface area contributed by atoms with Crippen LogP contribution >= 0.6 is 0 Å². The van der Waals surface area contributed by atoms with Crippen molar-refractivity contribution in [3.63, 3.8) is 0 Å². The number of hydrogen-bond acceptors (Lipinski definition) is 3. The zero-order valence-corrected chi connectivity index (χ0v) is 12.2. The van der Waals surface area contributed by atoms with Crippen LogP contribution < -0.4 is 10.7 Å². The SMILES string of the molecule is Cn1cc(C(=O)NCS(=O)O)c(=O)c(C(C)(C)C)c1. The van der Waals surface area contributed by atoms with Crippen LogP contribution in [0.3, 0.4) is 0 Å². The quantitative estimate of drug-likeness (QED) is 0.796. The molecule has 1 heterocycles. The Morgan fingerprint density at radius 3 is 2.47 bits per heavy atom. The Labute approximate surface area is 114 Å². The Bertz CT molecular complexity index is 572. The molecule has 0 aliphatic rings. The second kappa shape index (κ2) is 5.66. The van der Waals surface area contributed by atoms with E-state index in [0.29, 0.717) is 5.56 Å². The van der Waals surface area contributed by atoms with Gasteiger partial charge in [0.2, 0.25) is 0 Å². The lowest BCUT2D eigenvalue weighted by atomic mass is 9.87. The number of aromatic nitrogens is 1. The molecule has 2 N–H and O–H groups in total. The lowest BCUT2D eigenvalue weighted by Crippen LogP contribution is -2.35. The third-order valence-corrected chi connectivity index (χ3v) is 2.95. The maximum atomic E-state index is 12.2. The van der Waals surface area contributed by atoms with E-state index < -0.39 is 22.9 Å². The molecule has 1 rings (SSSR count). The predicted molar refractivity (Wildman–Crippen MR) is 73.5 cm³/mol. The fourth-order valence-electron chi connectivity index (χ4n) is 1.63. The molecule has 7 heteroatoms. The second-order valence-corrected chi connectivity index (χ2v) is 6.23. The molecule has 0 aliphatic carbocycles. The van der Waals surface area contributed by atoms with Gasteiger partial charge in [-0.3, -0.25) is 9.59 Å². The van der Waals surface area contributed by atoms with Crippen molar-refractivity contribution >= 4 is 17.0 Å². The molecule has 0 saturated carbocycles. The number of hydrogen-bond donors (Lipinski definition) is 2. The third kappa shape index (κ3) is 4.00. The minimum absolute atomic E-state index is 0.0274. The Balaban J connectivity index is 3.23. The summed E-state index contributed by atoms with van der Waals surface area (Å²) in [6.07, 6.45) is 3.09. The summed E-state index contributed by atoms with van der Waals surface area (Å²) in [6.45, 7) is 5.65. The molecule has 1 aromatic rings. The van der Waals surface area contributed by atoms with Gasteiger partial charge in [-0.15, -0.1) is 0 Å². The molecule has 0 saturated heterocycles. The van der Waals surface area contributed by atoms with Crippen LogP contribution in [0.1, 0.15) is 36.7 Å².